The molecule has 0 saturated heterocycles. The summed E-state index contributed by atoms with van der Waals surface area (Å²) in [6, 6.07) is 0. The molecule has 0 aromatic carbocycles. The molecule has 0 aliphatic heterocycles. The Hall–Kier alpha value is -2.82. The number of nitro groups is 1. The highest BCUT2D eigenvalue weighted by Crippen LogP contribution is 2.14. The summed E-state index contributed by atoms with van der Waals surface area (Å²) in [4.78, 5) is 25.2. The van der Waals surface area contributed by atoms with Crippen molar-refractivity contribution in [1.82, 2.24) is 24.5 Å². The lowest BCUT2D eigenvalue weighted by Gasteiger charge is -2.05. The normalized spacial score (nSPS) is 10.8. The Labute approximate surface area is 118 Å². The average molecular weight is 295 g/mol. The molecule has 0 radical (unpaired) electrons. The number of carboxylic acid groups (broad SMARTS) is 1. The van der Waals surface area contributed by atoms with E-state index in [4.69, 9.17) is 10.8 Å². The Morgan fingerprint density at radius 2 is 2.24 bits per heavy atom. The Kier molecular flexibility index (Phi) is 3.93. The molecule has 0 atom stereocenters. The maximum absolute atomic E-state index is 10.9. The standard InChI is InChI=1S/C10H13N7O4/c1-6-12-5-8(17(20)21)15(6)2-3-16-7(4-11)9(10(18)19)13-14-16/h5H,2-4,11H2,1H3,(H,18,19). The van der Waals surface area contributed by atoms with Gasteiger partial charge in [0.2, 0.25) is 0 Å². The van der Waals surface area contributed by atoms with Crippen LogP contribution >= 0.6 is 0 Å². The van der Waals surface area contributed by atoms with E-state index in [2.05, 4.69) is 15.3 Å². The van der Waals surface area contributed by atoms with Crippen LogP contribution in [0.5, 0.6) is 0 Å². The Morgan fingerprint density at radius 3 is 2.81 bits per heavy atom. The first kappa shape index (κ1) is 14.6. The van der Waals surface area contributed by atoms with Crippen LogP contribution in [0, 0.1) is 17.0 Å². The molecule has 21 heavy (non-hydrogen) atoms. The van der Waals surface area contributed by atoms with Gasteiger partial charge in [-0.1, -0.05) is 5.21 Å². The molecule has 0 saturated carbocycles. The summed E-state index contributed by atoms with van der Waals surface area (Å²) in [5, 5.41) is 27.1. The fourth-order valence-corrected chi connectivity index (χ4v) is 1.95. The molecule has 0 fully saturated rings. The average Bonchev–Trinajstić information content (AvgIpc) is 2.99. The Morgan fingerprint density at radius 1 is 1.52 bits per heavy atom. The molecule has 3 N–H and O–H groups in total. The number of aromatic nitrogens is 5. The highest BCUT2D eigenvalue weighted by atomic mass is 16.6. The van der Waals surface area contributed by atoms with E-state index in [0.717, 1.165) is 0 Å². The summed E-state index contributed by atoms with van der Waals surface area (Å²) in [6.45, 7) is 2.00. The first-order chi connectivity index (χ1) is 9.95. The number of imidazole rings is 1. The van der Waals surface area contributed by atoms with E-state index in [-0.39, 0.29) is 36.8 Å². The zero-order valence-electron chi connectivity index (χ0n) is 11.1. The van der Waals surface area contributed by atoms with Gasteiger partial charge in [0, 0.05) is 13.5 Å². The SMILES string of the molecule is Cc1ncc([N+](=O)[O-])n1CCn1nnc(C(=O)O)c1CN. The minimum atomic E-state index is -1.22. The van der Waals surface area contributed by atoms with Crippen LogP contribution in [0.3, 0.4) is 0 Å². The minimum Gasteiger partial charge on any atom is -0.476 e. The van der Waals surface area contributed by atoms with Crippen LogP contribution in [-0.4, -0.2) is 40.5 Å². The zero-order valence-corrected chi connectivity index (χ0v) is 11.1. The van der Waals surface area contributed by atoms with E-state index in [1.165, 1.54) is 15.4 Å². The highest BCUT2D eigenvalue weighted by Gasteiger charge is 2.20. The quantitative estimate of drug-likeness (QED) is 0.536. The fourth-order valence-electron chi connectivity index (χ4n) is 1.95. The van der Waals surface area contributed by atoms with Crippen LogP contribution < -0.4 is 5.73 Å². The molecule has 0 unspecified atom stereocenters. The van der Waals surface area contributed by atoms with E-state index < -0.39 is 10.9 Å². The summed E-state index contributed by atoms with van der Waals surface area (Å²) in [7, 11) is 0. The minimum absolute atomic E-state index is 0.0420. The lowest BCUT2D eigenvalue weighted by Crippen LogP contribution is -2.16. The van der Waals surface area contributed by atoms with Crippen LogP contribution in [-0.2, 0) is 19.6 Å². The maximum Gasteiger partial charge on any atom is 0.358 e. The predicted molar refractivity (Wildman–Crippen MR) is 68.5 cm³/mol. The van der Waals surface area contributed by atoms with Gasteiger partial charge in [-0.2, -0.15) is 0 Å². The first-order valence-corrected chi connectivity index (χ1v) is 5.98. The molecule has 0 amide bonds. The van der Waals surface area contributed by atoms with E-state index in [0.29, 0.717) is 5.82 Å². The molecule has 112 valence electrons. The van der Waals surface area contributed by atoms with Gasteiger partial charge in [-0.25, -0.2) is 19.0 Å². The van der Waals surface area contributed by atoms with Crippen molar-refractivity contribution in [2.75, 3.05) is 0 Å². The van der Waals surface area contributed by atoms with Crippen molar-refractivity contribution in [3.63, 3.8) is 0 Å². The van der Waals surface area contributed by atoms with Crippen molar-refractivity contribution < 1.29 is 14.8 Å². The summed E-state index contributed by atoms with van der Waals surface area (Å²) in [5.74, 6) is -0.874. The third kappa shape index (κ3) is 2.72. The molecule has 2 rings (SSSR count). The number of aryl methyl sites for hydroxylation is 2. The number of aromatic carboxylic acids is 1. The molecule has 11 nitrogen and oxygen atoms in total. The van der Waals surface area contributed by atoms with Gasteiger partial charge in [-0.15, -0.1) is 5.10 Å². The molecule has 0 aliphatic carbocycles. The Bertz CT molecular complexity index is 690. The number of nitrogens with zero attached hydrogens (tertiary/aromatic N) is 6. The Balaban J connectivity index is 2.23. The summed E-state index contributed by atoms with van der Waals surface area (Å²) < 4.78 is 2.73. The predicted octanol–water partition coefficient (Wildman–Crippen LogP) is -0.452. The molecule has 2 aromatic rings. The van der Waals surface area contributed by atoms with E-state index in [9.17, 15) is 14.9 Å². The van der Waals surface area contributed by atoms with Gasteiger partial charge in [-0.3, -0.25) is 0 Å². The molecule has 0 aliphatic rings. The van der Waals surface area contributed by atoms with Crippen LogP contribution in [0.4, 0.5) is 5.82 Å². The van der Waals surface area contributed by atoms with Crippen molar-refractivity contribution >= 4 is 11.8 Å². The molecule has 2 heterocycles. The number of hydrogen-bond acceptors (Lipinski definition) is 7. The second-order valence-electron chi connectivity index (χ2n) is 4.19. The van der Waals surface area contributed by atoms with Crippen molar-refractivity contribution in [1.29, 1.82) is 0 Å². The summed E-state index contributed by atoms with van der Waals surface area (Å²) in [6.07, 6.45) is 1.17. The van der Waals surface area contributed by atoms with Crippen molar-refractivity contribution in [3.8, 4) is 0 Å². The van der Waals surface area contributed by atoms with Crippen molar-refractivity contribution in [2.45, 2.75) is 26.6 Å². The van der Waals surface area contributed by atoms with E-state index >= 15 is 0 Å². The molecule has 2 aromatic heterocycles. The van der Waals surface area contributed by atoms with Gasteiger partial charge < -0.3 is 21.0 Å². The zero-order chi connectivity index (χ0) is 15.6. The second kappa shape index (κ2) is 5.66. The monoisotopic (exact) mass is 295 g/mol. The van der Waals surface area contributed by atoms with Gasteiger partial charge >= 0.3 is 11.8 Å². The third-order valence-electron chi connectivity index (χ3n) is 2.99. The number of rotatable bonds is 6. The van der Waals surface area contributed by atoms with Crippen molar-refractivity contribution in [2.24, 2.45) is 5.73 Å². The lowest BCUT2D eigenvalue weighted by molar-refractivity contribution is -0.392. The number of carboxylic acids is 1. The van der Waals surface area contributed by atoms with Crippen LogP contribution in [0.2, 0.25) is 0 Å². The van der Waals surface area contributed by atoms with Gasteiger partial charge in [-0.05, 0) is 4.92 Å². The number of carbonyl (C=O) groups is 1. The van der Waals surface area contributed by atoms with Crippen LogP contribution in [0.25, 0.3) is 0 Å². The largest absolute Gasteiger partial charge is 0.476 e. The van der Waals surface area contributed by atoms with E-state index in [1.54, 1.807) is 6.92 Å². The van der Waals surface area contributed by atoms with Gasteiger partial charge in [0.25, 0.3) is 0 Å². The maximum atomic E-state index is 10.9. The highest BCUT2D eigenvalue weighted by molar-refractivity contribution is 5.86. The third-order valence-corrected chi connectivity index (χ3v) is 2.99. The second-order valence-corrected chi connectivity index (χ2v) is 4.19. The smallest absolute Gasteiger partial charge is 0.358 e. The summed E-state index contributed by atoms with van der Waals surface area (Å²) >= 11 is 0. The molecular weight excluding hydrogens is 282 g/mol. The van der Waals surface area contributed by atoms with Crippen LogP contribution in [0.1, 0.15) is 22.0 Å². The molecular formula is C10H13N7O4. The van der Waals surface area contributed by atoms with Crippen LogP contribution in [0.15, 0.2) is 6.20 Å². The lowest BCUT2D eigenvalue weighted by atomic mass is 10.3. The topological polar surface area (TPSA) is 155 Å². The van der Waals surface area contributed by atoms with Crippen molar-refractivity contribution in [3.05, 3.63) is 33.5 Å². The molecule has 0 bridgehead atoms. The van der Waals surface area contributed by atoms with Gasteiger partial charge in [0.15, 0.2) is 11.5 Å². The van der Waals surface area contributed by atoms with Gasteiger partial charge in [0.05, 0.1) is 12.2 Å². The fraction of sp³-hybridized carbons (Fsp3) is 0.400. The molecule has 0 spiro atoms. The molecule has 11 heteroatoms. The first-order valence-electron chi connectivity index (χ1n) is 5.98. The summed E-state index contributed by atoms with van der Waals surface area (Å²) in [5.41, 5.74) is 5.55. The van der Waals surface area contributed by atoms with Gasteiger partial charge in [0.1, 0.15) is 12.7 Å². The number of hydrogen-bond donors (Lipinski definition) is 2. The number of nitrogens with two attached hydrogens (primary N) is 1. The van der Waals surface area contributed by atoms with E-state index in [1.807, 2.05) is 0 Å².